The molecule has 0 spiro atoms. The molecule has 3 nitrogen and oxygen atoms in total. The van der Waals surface area contributed by atoms with Crippen LogP contribution in [-0.2, 0) is 25.1 Å². The first kappa shape index (κ1) is 18.5. The number of nitrogens with zero attached hydrogens (tertiary/aromatic N) is 2. The normalized spacial score (nSPS) is 11.7. The highest BCUT2D eigenvalue weighted by molar-refractivity contribution is 7.98. The van der Waals surface area contributed by atoms with E-state index in [0.717, 1.165) is 11.6 Å². The van der Waals surface area contributed by atoms with Crippen LogP contribution < -0.4 is 0 Å². The van der Waals surface area contributed by atoms with Crippen molar-refractivity contribution in [1.29, 1.82) is 0 Å². The van der Waals surface area contributed by atoms with E-state index in [0.29, 0.717) is 16.6 Å². The highest BCUT2D eigenvalue weighted by Crippen LogP contribution is 2.33. The Labute approximate surface area is 153 Å². The van der Waals surface area contributed by atoms with Gasteiger partial charge >= 0.3 is 6.18 Å². The standard InChI is InChI=1S/C19H17F3N2OS/c20-19(21,22)17-9-5-4-8-15(17)11-24-16(12-25)10-23-18(24)26-13-14-6-2-1-3-7-14/h1-10,25H,11-13H2. The van der Waals surface area contributed by atoms with Gasteiger partial charge in [0.2, 0.25) is 0 Å². The molecular formula is C19H17F3N2OS. The zero-order valence-corrected chi connectivity index (χ0v) is 14.6. The van der Waals surface area contributed by atoms with Gasteiger partial charge in [-0.1, -0.05) is 60.3 Å². The fourth-order valence-electron chi connectivity index (χ4n) is 2.63. The Morgan fingerprint density at radius 1 is 1.00 bits per heavy atom. The van der Waals surface area contributed by atoms with Gasteiger partial charge in [-0.3, -0.25) is 0 Å². The topological polar surface area (TPSA) is 38.1 Å². The van der Waals surface area contributed by atoms with Crippen LogP contribution in [0.5, 0.6) is 0 Å². The number of alkyl halides is 3. The van der Waals surface area contributed by atoms with Crippen molar-refractivity contribution < 1.29 is 18.3 Å². The van der Waals surface area contributed by atoms with Crippen LogP contribution in [0, 0.1) is 0 Å². The molecule has 0 aliphatic carbocycles. The van der Waals surface area contributed by atoms with Crippen LogP contribution >= 0.6 is 11.8 Å². The monoisotopic (exact) mass is 378 g/mol. The molecule has 0 aliphatic rings. The lowest BCUT2D eigenvalue weighted by Gasteiger charge is -2.16. The van der Waals surface area contributed by atoms with Crippen LogP contribution in [0.2, 0.25) is 0 Å². The van der Waals surface area contributed by atoms with Gasteiger partial charge in [0.25, 0.3) is 0 Å². The van der Waals surface area contributed by atoms with Crippen molar-refractivity contribution in [3.05, 3.63) is 83.2 Å². The Bertz CT molecular complexity index is 863. The maximum atomic E-state index is 13.2. The number of halogens is 3. The van der Waals surface area contributed by atoms with E-state index in [1.165, 1.54) is 30.1 Å². The number of hydrogen-bond donors (Lipinski definition) is 1. The predicted molar refractivity (Wildman–Crippen MR) is 94.7 cm³/mol. The predicted octanol–water partition coefficient (Wildman–Crippen LogP) is 4.73. The Balaban J connectivity index is 1.87. The summed E-state index contributed by atoms with van der Waals surface area (Å²) in [5.74, 6) is 0.642. The fourth-order valence-corrected chi connectivity index (χ4v) is 3.58. The summed E-state index contributed by atoms with van der Waals surface area (Å²) in [6, 6.07) is 15.2. The molecule has 0 bridgehead atoms. The Hall–Kier alpha value is -2.25. The van der Waals surface area contributed by atoms with E-state index in [1.807, 2.05) is 30.3 Å². The number of aliphatic hydroxyl groups is 1. The summed E-state index contributed by atoms with van der Waals surface area (Å²) in [4.78, 5) is 4.27. The van der Waals surface area contributed by atoms with E-state index in [9.17, 15) is 18.3 Å². The molecule has 1 aromatic heterocycles. The molecule has 2 aromatic carbocycles. The molecule has 0 unspecified atom stereocenters. The van der Waals surface area contributed by atoms with Crippen molar-refractivity contribution in [2.45, 2.75) is 30.2 Å². The van der Waals surface area contributed by atoms with Crippen molar-refractivity contribution in [1.82, 2.24) is 9.55 Å². The molecule has 0 atom stereocenters. The summed E-state index contributed by atoms with van der Waals surface area (Å²) >= 11 is 1.43. The van der Waals surface area contributed by atoms with Gasteiger partial charge < -0.3 is 9.67 Å². The number of benzene rings is 2. The van der Waals surface area contributed by atoms with Crippen molar-refractivity contribution in [2.24, 2.45) is 0 Å². The second kappa shape index (κ2) is 7.97. The van der Waals surface area contributed by atoms with Gasteiger partial charge in [0, 0.05) is 5.75 Å². The maximum absolute atomic E-state index is 13.2. The first-order valence-corrected chi connectivity index (χ1v) is 8.94. The van der Waals surface area contributed by atoms with Gasteiger partial charge in [-0.15, -0.1) is 0 Å². The molecule has 26 heavy (non-hydrogen) atoms. The van der Waals surface area contributed by atoms with Gasteiger partial charge in [-0.05, 0) is 17.2 Å². The zero-order chi connectivity index (χ0) is 18.6. The Morgan fingerprint density at radius 3 is 2.38 bits per heavy atom. The number of aliphatic hydroxyl groups excluding tert-OH is 1. The number of rotatable bonds is 6. The second-order valence-electron chi connectivity index (χ2n) is 5.71. The van der Waals surface area contributed by atoms with Gasteiger partial charge in [0.1, 0.15) is 0 Å². The molecular weight excluding hydrogens is 361 g/mol. The van der Waals surface area contributed by atoms with Gasteiger partial charge in [-0.25, -0.2) is 4.98 Å². The third-order valence-corrected chi connectivity index (χ3v) is 4.99. The Kier molecular flexibility index (Phi) is 5.68. The van der Waals surface area contributed by atoms with Crippen molar-refractivity contribution >= 4 is 11.8 Å². The van der Waals surface area contributed by atoms with Gasteiger partial charge in [-0.2, -0.15) is 13.2 Å². The van der Waals surface area contributed by atoms with Crippen LogP contribution in [0.15, 0.2) is 66.0 Å². The molecule has 7 heteroatoms. The summed E-state index contributed by atoms with van der Waals surface area (Å²) in [6.07, 6.45) is -2.92. The third kappa shape index (κ3) is 4.28. The van der Waals surface area contributed by atoms with Crippen LogP contribution in [-0.4, -0.2) is 14.7 Å². The molecule has 0 aliphatic heterocycles. The Morgan fingerprint density at radius 2 is 1.69 bits per heavy atom. The van der Waals surface area contributed by atoms with E-state index in [4.69, 9.17) is 0 Å². The summed E-state index contributed by atoms with van der Waals surface area (Å²) < 4.78 is 41.4. The summed E-state index contributed by atoms with van der Waals surface area (Å²) in [5, 5.41) is 10.1. The highest BCUT2D eigenvalue weighted by Gasteiger charge is 2.33. The van der Waals surface area contributed by atoms with Crippen molar-refractivity contribution in [3.8, 4) is 0 Å². The number of aromatic nitrogens is 2. The first-order valence-electron chi connectivity index (χ1n) is 7.96. The molecule has 1 heterocycles. The van der Waals surface area contributed by atoms with E-state index < -0.39 is 11.7 Å². The van der Waals surface area contributed by atoms with E-state index in [1.54, 1.807) is 10.6 Å². The lowest BCUT2D eigenvalue weighted by atomic mass is 10.1. The molecule has 1 N–H and O–H groups in total. The number of thioether (sulfide) groups is 1. The minimum Gasteiger partial charge on any atom is -0.390 e. The minimum atomic E-state index is -4.42. The molecule has 0 saturated carbocycles. The molecule has 0 saturated heterocycles. The summed E-state index contributed by atoms with van der Waals surface area (Å²) in [6.45, 7) is -0.282. The average Bonchev–Trinajstić information content (AvgIpc) is 3.02. The van der Waals surface area contributed by atoms with Crippen LogP contribution in [0.1, 0.15) is 22.4 Å². The van der Waals surface area contributed by atoms with Crippen molar-refractivity contribution in [3.63, 3.8) is 0 Å². The molecule has 3 aromatic rings. The van der Waals surface area contributed by atoms with E-state index in [2.05, 4.69) is 4.98 Å². The van der Waals surface area contributed by atoms with E-state index in [-0.39, 0.29) is 18.7 Å². The minimum absolute atomic E-state index is 0.00268. The SMILES string of the molecule is OCc1cnc(SCc2ccccc2)n1Cc1ccccc1C(F)(F)F. The van der Waals surface area contributed by atoms with Crippen LogP contribution in [0.4, 0.5) is 13.2 Å². The first-order chi connectivity index (χ1) is 12.5. The zero-order valence-electron chi connectivity index (χ0n) is 13.8. The third-order valence-electron chi connectivity index (χ3n) is 3.93. The second-order valence-corrected chi connectivity index (χ2v) is 6.65. The highest BCUT2D eigenvalue weighted by atomic mass is 32.2. The van der Waals surface area contributed by atoms with Crippen LogP contribution in [0.25, 0.3) is 0 Å². The number of hydrogen-bond acceptors (Lipinski definition) is 3. The fraction of sp³-hybridized carbons (Fsp3) is 0.211. The van der Waals surface area contributed by atoms with Gasteiger partial charge in [0.15, 0.2) is 5.16 Å². The average molecular weight is 378 g/mol. The molecule has 136 valence electrons. The summed E-state index contributed by atoms with van der Waals surface area (Å²) in [5.41, 5.74) is 1.05. The molecule has 0 amide bonds. The van der Waals surface area contributed by atoms with Crippen molar-refractivity contribution in [2.75, 3.05) is 0 Å². The molecule has 0 radical (unpaired) electrons. The lowest BCUT2D eigenvalue weighted by molar-refractivity contribution is -0.138. The quantitative estimate of drug-likeness (QED) is 0.630. The smallest absolute Gasteiger partial charge is 0.390 e. The molecule has 0 fully saturated rings. The lowest BCUT2D eigenvalue weighted by Crippen LogP contribution is -2.13. The largest absolute Gasteiger partial charge is 0.416 e. The number of imidazole rings is 1. The summed E-state index contributed by atoms with van der Waals surface area (Å²) in [7, 11) is 0. The van der Waals surface area contributed by atoms with Gasteiger partial charge in [0.05, 0.1) is 30.6 Å². The maximum Gasteiger partial charge on any atom is 0.416 e. The van der Waals surface area contributed by atoms with E-state index >= 15 is 0 Å². The molecule has 3 rings (SSSR count). The van der Waals surface area contributed by atoms with Crippen LogP contribution in [0.3, 0.4) is 0 Å².